The number of aromatic nitrogens is 1. The van der Waals surface area contributed by atoms with Gasteiger partial charge in [-0.25, -0.2) is 0 Å². The van der Waals surface area contributed by atoms with Crippen molar-refractivity contribution in [1.29, 1.82) is 0 Å². The minimum atomic E-state index is -0.293. The quantitative estimate of drug-likeness (QED) is 0.652. The number of para-hydroxylation sites is 1. The number of nitrogens with one attached hydrogen (secondary N) is 1. The highest BCUT2D eigenvalue weighted by molar-refractivity contribution is 6.01. The summed E-state index contributed by atoms with van der Waals surface area (Å²) in [4.78, 5) is 19.0. The summed E-state index contributed by atoms with van der Waals surface area (Å²) < 4.78 is 5.90. The second kappa shape index (κ2) is 7.96. The fourth-order valence-corrected chi connectivity index (χ4v) is 3.30. The Labute approximate surface area is 164 Å². The SMILES string of the molecule is C=CCN1C(=O)c2ccccc2N[C@H]1c1cccc(OCc2ccccn2)c1. The Hall–Kier alpha value is -3.60. The summed E-state index contributed by atoms with van der Waals surface area (Å²) in [5.41, 5.74) is 3.31. The third-order valence-electron chi connectivity index (χ3n) is 4.63. The molecule has 0 radical (unpaired) electrons. The van der Waals surface area contributed by atoms with Crippen molar-refractivity contribution in [2.24, 2.45) is 0 Å². The van der Waals surface area contributed by atoms with Gasteiger partial charge in [0.2, 0.25) is 0 Å². The van der Waals surface area contributed by atoms with Crippen molar-refractivity contribution >= 4 is 11.6 Å². The highest BCUT2D eigenvalue weighted by Gasteiger charge is 2.32. The van der Waals surface area contributed by atoms with Gasteiger partial charge < -0.3 is 15.0 Å². The molecule has 0 fully saturated rings. The van der Waals surface area contributed by atoms with E-state index < -0.39 is 0 Å². The van der Waals surface area contributed by atoms with Gasteiger partial charge in [0.1, 0.15) is 18.5 Å². The van der Waals surface area contributed by atoms with Gasteiger partial charge in [-0.15, -0.1) is 6.58 Å². The number of pyridine rings is 1. The Bertz CT molecular complexity index is 988. The fraction of sp³-hybridized carbons (Fsp3) is 0.130. The van der Waals surface area contributed by atoms with E-state index in [9.17, 15) is 4.79 Å². The van der Waals surface area contributed by atoms with Crippen molar-refractivity contribution in [3.05, 3.63) is 102 Å². The lowest BCUT2D eigenvalue weighted by atomic mass is 10.0. The van der Waals surface area contributed by atoms with Gasteiger partial charge in [-0.2, -0.15) is 0 Å². The molecule has 0 aliphatic carbocycles. The molecule has 4 rings (SSSR count). The van der Waals surface area contributed by atoms with E-state index in [2.05, 4.69) is 16.9 Å². The molecule has 0 saturated heterocycles. The van der Waals surface area contributed by atoms with Gasteiger partial charge in [0.15, 0.2) is 0 Å². The van der Waals surface area contributed by atoms with Crippen LogP contribution in [-0.4, -0.2) is 22.3 Å². The molecule has 0 spiro atoms. The molecule has 0 bridgehead atoms. The Morgan fingerprint density at radius 3 is 2.79 bits per heavy atom. The smallest absolute Gasteiger partial charge is 0.258 e. The van der Waals surface area contributed by atoms with E-state index in [4.69, 9.17) is 4.74 Å². The lowest BCUT2D eigenvalue weighted by Gasteiger charge is -2.37. The number of hydrogen-bond donors (Lipinski definition) is 1. The first kappa shape index (κ1) is 17.8. The lowest BCUT2D eigenvalue weighted by Crippen LogP contribution is -2.42. The number of carbonyl (C=O) groups is 1. The molecule has 1 aromatic heterocycles. The maximum Gasteiger partial charge on any atom is 0.258 e. The molecule has 28 heavy (non-hydrogen) atoms. The zero-order valence-electron chi connectivity index (χ0n) is 15.4. The highest BCUT2D eigenvalue weighted by atomic mass is 16.5. The van der Waals surface area contributed by atoms with E-state index in [0.717, 1.165) is 22.7 Å². The summed E-state index contributed by atoms with van der Waals surface area (Å²) in [6.07, 6.45) is 3.19. The lowest BCUT2D eigenvalue weighted by molar-refractivity contribution is 0.0707. The Kier molecular flexibility index (Phi) is 5.06. The summed E-state index contributed by atoms with van der Waals surface area (Å²) >= 11 is 0. The van der Waals surface area contributed by atoms with Crippen LogP contribution in [0.4, 0.5) is 5.69 Å². The van der Waals surface area contributed by atoms with Crippen molar-refractivity contribution in [2.45, 2.75) is 12.8 Å². The summed E-state index contributed by atoms with van der Waals surface area (Å²) in [6, 6.07) is 21.1. The minimum absolute atomic E-state index is 0.0148. The average Bonchev–Trinajstić information content (AvgIpc) is 2.75. The van der Waals surface area contributed by atoms with Crippen LogP contribution in [0, 0.1) is 0 Å². The predicted octanol–water partition coefficient (Wildman–Crippen LogP) is 4.41. The fourth-order valence-electron chi connectivity index (χ4n) is 3.30. The van der Waals surface area contributed by atoms with Crippen molar-refractivity contribution in [1.82, 2.24) is 9.88 Å². The van der Waals surface area contributed by atoms with E-state index in [1.165, 1.54) is 0 Å². The van der Waals surface area contributed by atoms with Crippen molar-refractivity contribution in [2.75, 3.05) is 11.9 Å². The van der Waals surface area contributed by atoms with Crippen LogP contribution in [0.5, 0.6) is 5.75 Å². The van der Waals surface area contributed by atoms with Crippen LogP contribution >= 0.6 is 0 Å². The summed E-state index contributed by atoms with van der Waals surface area (Å²) in [5.74, 6) is 0.717. The molecule has 1 N–H and O–H groups in total. The maximum atomic E-state index is 13.0. The Balaban J connectivity index is 1.60. The van der Waals surface area contributed by atoms with Gasteiger partial charge in [0, 0.05) is 18.4 Å². The number of hydrogen-bond acceptors (Lipinski definition) is 4. The molecule has 0 unspecified atom stereocenters. The van der Waals surface area contributed by atoms with Gasteiger partial charge in [0.05, 0.1) is 11.3 Å². The summed E-state index contributed by atoms with van der Waals surface area (Å²) in [6.45, 7) is 4.64. The third-order valence-corrected chi connectivity index (χ3v) is 4.63. The second-order valence-corrected chi connectivity index (χ2v) is 6.52. The van der Waals surface area contributed by atoms with Gasteiger partial charge in [-0.3, -0.25) is 9.78 Å². The maximum absolute atomic E-state index is 13.0. The molecule has 2 heterocycles. The van der Waals surface area contributed by atoms with Gasteiger partial charge in [-0.1, -0.05) is 36.4 Å². The second-order valence-electron chi connectivity index (χ2n) is 6.52. The monoisotopic (exact) mass is 371 g/mol. The van der Waals surface area contributed by atoms with Crippen molar-refractivity contribution in [3.63, 3.8) is 0 Å². The van der Waals surface area contributed by atoms with Gasteiger partial charge >= 0.3 is 0 Å². The van der Waals surface area contributed by atoms with E-state index in [1.54, 1.807) is 17.2 Å². The molecule has 3 aromatic rings. The molecular weight excluding hydrogens is 350 g/mol. The van der Waals surface area contributed by atoms with E-state index in [1.807, 2.05) is 66.7 Å². The molecule has 1 aliphatic rings. The summed E-state index contributed by atoms with van der Waals surface area (Å²) in [5, 5.41) is 3.47. The Morgan fingerprint density at radius 1 is 1.11 bits per heavy atom. The third kappa shape index (κ3) is 3.60. The number of benzene rings is 2. The molecule has 5 heteroatoms. The number of amides is 1. The van der Waals surface area contributed by atoms with Gasteiger partial charge in [-0.05, 0) is 42.0 Å². The molecule has 1 amide bonds. The van der Waals surface area contributed by atoms with Crippen molar-refractivity contribution in [3.8, 4) is 5.75 Å². The molecule has 1 atom stereocenters. The van der Waals surface area contributed by atoms with Crippen LogP contribution in [-0.2, 0) is 6.61 Å². The number of rotatable bonds is 6. The number of ether oxygens (including phenoxy) is 1. The highest BCUT2D eigenvalue weighted by Crippen LogP contribution is 2.34. The first-order valence-corrected chi connectivity index (χ1v) is 9.16. The van der Waals surface area contributed by atoms with Crippen molar-refractivity contribution < 1.29 is 9.53 Å². The first-order chi connectivity index (χ1) is 13.8. The zero-order valence-corrected chi connectivity index (χ0v) is 15.4. The molecular formula is C23H21N3O2. The minimum Gasteiger partial charge on any atom is -0.487 e. The van der Waals surface area contributed by atoms with Crippen LogP contribution in [0.2, 0.25) is 0 Å². The predicted molar refractivity (Wildman–Crippen MR) is 109 cm³/mol. The van der Waals surface area contributed by atoms with Gasteiger partial charge in [0.25, 0.3) is 5.91 Å². The molecule has 0 saturated carbocycles. The van der Waals surface area contributed by atoms with Crippen LogP contribution in [0.15, 0.2) is 85.6 Å². The molecule has 140 valence electrons. The molecule has 5 nitrogen and oxygen atoms in total. The topological polar surface area (TPSA) is 54.5 Å². The van der Waals surface area contributed by atoms with Crippen LogP contribution in [0.3, 0.4) is 0 Å². The Morgan fingerprint density at radius 2 is 1.96 bits per heavy atom. The van der Waals surface area contributed by atoms with Crippen LogP contribution in [0.1, 0.15) is 27.8 Å². The standard InChI is InChI=1S/C23H21N3O2/c1-2-14-26-22(25-21-12-4-3-11-20(21)23(26)27)17-8-7-10-19(15-17)28-16-18-9-5-6-13-24-18/h2-13,15,22,25H,1,14,16H2/t22-/m1/s1. The zero-order chi connectivity index (χ0) is 19.3. The largest absolute Gasteiger partial charge is 0.487 e. The van der Waals surface area contributed by atoms with E-state index >= 15 is 0 Å². The number of anilines is 1. The van der Waals surface area contributed by atoms with E-state index in [0.29, 0.717) is 18.7 Å². The number of fused-ring (bicyclic) bond motifs is 1. The van der Waals surface area contributed by atoms with Crippen LogP contribution in [0.25, 0.3) is 0 Å². The summed E-state index contributed by atoms with van der Waals surface area (Å²) in [7, 11) is 0. The number of carbonyl (C=O) groups excluding carboxylic acids is 1. The normalized spacial score (nSPS) is 15.5. The van der Waals surface area contributed by atoms with E-state index in [-0.39, 0.29) is 12.1 Å². The number of nitrogens with zero attached hydrogens (tertiary/aromatic N) is 2. The molecule has 2 aromatic carbocycles. The molecule has 1 aliphatic heterocycles. The average molecular weight is 371 g/mol. The van der Waals surface area contributed by atoms with Crippen LogP contribution < -0.4 is 10.1 Å². The first-order valence-electron chi connectivity index (χ1n) is 9.16.